The lowest BCUT2D eigenvalue weighted by Crippen LogP contribution is -2.54. The monoisotopic (exact) mass is 398 g/mol. The summed E-state index contributed by atoms with van der Waals surface area (Å²) in [5.41, 5.74) is -4.23. The Morgan fingerprint density at radius 3 is 2.21 bits per heavy atom. The van der Waals surface area contributed by atoms with Crippen molar-refractivity contribution in [3.63, 3.8) is 0 Å². The molecule has 0 saturated carbocycles. The number of benzene rings is 2. The molecule has 0 bridgehead atoms. The van der Waals surface area contributed by atoms with Gasteiger partial charge in [0, 0.05) is 23.4 Å². The lowest BCUT2D eigenvalue weighted by molar-refractivity contribution is -0.384. The summed E-state index contributed by atoms with van der Waals surface area (Å²) in [4.78, 5) is 48.3. The van der Waals surface area contributed by atoms with E-state index in [1.54, 1.807) is 6.07 Å². The Morgan fingerprint density at radius 1 is 1.10 bits per heavy atom. The Morgan fingerprint density at radius 2 is 1.69 bits per heavy atom. The van der Waals surface area contributed by atoms with Crippen molar-refractivity contribution in [2.24, 2.45) is 0 Å². The van der Waals surface area contributed by atoms with Gasteiger partial charge in [0.15, 0.2) is 0 Å². The topological polar surface area (TPSA) is 147 Å². The number of ketones is 1. The number of nitrogens with zero attached hydrogens (tertiary/aromatic N) is 2. The number of hydrogen-bond donors (Lipinski definition) is 2. The molecule has 10 heteroatoms. The number of aliphatic hydroxyl groups is 2. The van der Waals surface area contributed by atoms with E-state index in [9.17, 15) is 34.7 Å². The van der Waals surface area contributed by atoms with Crippen molar-refractivity contribution in [2.75, 3.05) is 12.0 Å². The number of anilines is 1. The summed E-state index contributed by atoms with van der Waals surface area (Å²) in [5.74, 6) is -4.83. The number of aliphatic hydroxyl groups excluding tert-OH is 1. The van der Waals surface area contributed by atoms with Crippen molar-refractivity contribution in [1.82, 2.24) is 0 Å². The fourth-order valence-electron chi connectivity index (χ4n) is 3.00. The van der Waals surface area contributed by atoms with Crippen LogP contribution < -0.4 is 4.90 Å². The number of hydrogen-bond acceptors (Lipinski definition) is 8. The van der Waals surface area contributed by atoms with Crippen LogP contribution in [-0.2, 0) is 19.1 Å². The number of nitro benzene ring substituents is 1. The number of Topliss-reactive ketones (excluding diaryl/α,β-unsaturated/α-hetero) is 1. The van der Waals surface area contributed by atoms with Crippen LogP contribution in [0.2, 0.25) is 0 Å². The average molecular weight is 398 g/mol. The predicted octanol–water partition coefficient (Wildman–Crippen LogP) is 1.34. The van der Waals surface area contributed by atoms with Crippen molar-refractivity contribution in [2.45, 2.75) is 5.72 Å². The van der Waals surface area contributed by atoms with E-state index in [-0.39, 0.29) is 16.9 Å². The molecule has 0 spiro atoms. The van der Waals surface area contributed by atoms with Gasteiger partial charge in [-0.05, 0) is 24.3 Å². The maximum absolute atomic E-state index is 12.6. The molecule has 1 aliphatic heterocycles. The number of nitro groups is 1. The van der Waals surface area contributed by atoms with Crippen molar-refractivity contribution in [1.29, 1.82) is 0 Å². The predicted molar refractivity (Wildman–Crippen MR) is 98.5 cm³/mol. The molecule has 0 aliphatic carbocycles. The molecule has 3 rings (SSSR count). The van der Waals surface area contributed by atoms with Gasteiger partial charge in [-0.2, -0.15) is 0 Å². The number of esters is 1. The molecule has 1 aliphatic rings. The summed E-state index contributed by atoms with van der Waals surface area (Å²) in [6.07, 6.45) is 0. The van der Waals surface area contributed by atoms with Crippen molar-refractivity contribution in [3.05, 3.63) is 75.8 Å². The number of para-hydroxylation sites is 1. The van der Waals surface area contributed by atoms with Crippen LogP contribution >= 0.6 is 0 Å². The van der Waals surface area contributed by atoms with Crippen LogP contribution in [0.3, 0.4) is 0 Å². The minimum absolute atomic E-state index is 0.0187. The highest BCUT2D eigenvalue weighted by molar-refractivity contribution is 6.54. The molecule has 0 radical (unpaired) electrons. The van der Waals surface area contributed by atoms with Gasteiger partial charge in [-0.3, -0.25) is 24.6 Å². The third kappa shape index (κ3) is 3.01. The first-order valence-electron chi connectivity index (χ1n) is 8.16. The lowest BCUT2D eigenvalue weighted by Gasteiger charge is -2.30. The third-order valence-corrected chi connectivity index (χ3v) is 4.37. The van der Waals surface area contributed by atoms with Gasteiger partial charge in [-0.15, -0.1) is 0 Å². The lowest BCUT2D eigenvalue weighted by atomic mass is 9.97. The normalized spacial score (nSPS) is 20.6. The summed E-state index contributed by atoms with van der Waals surface area (Å²) in [6.45, 7) is 0. The second-order valence-corrected chi connectivity index (χ2v) is 6.00. The van der Waals surface area contributed by atoms with Crippen LogP contribution in [0.4, 0.5) is 11.4 Å². The zero-order valence-corrected chi connectivity index (χ0v) is 14.9. The van der Waals surface area contributed by atoms with Crippen LogP contribution in [0.5, 0.6) is 0 Å². The first kappa shape index (κ1) is 19.7. The Bertz CT molecular complexity index is 1050. The van der Waals surface area contributed by atoms with Crippen molar-refractivity contribution < 1.29 is 34.3 Å². The van der Waals surface area contributed by atoms with Crippen LogP contribution in [0.1, 0.15) is 5.56 Å². The zero-order chi connectivity index (χ0) is 21.3. The minimum Gasteiger partial charge on any atom is -0.507 e. The Labute approximate surface area is 163 Å². The Kier molecular flexibility index (Phi) is 4.87. The maximum Gasteiger partial charge on any atom is 0.365 e. The van der Waals surface area contributed by atoms with Gasteiger partial charge >= 0.3 is 11.9 Å². The number of carbonyl (C=O) groups excluding carboxylic acids is 3. The minimum atomic E-state index is -2.93. The van der Waals surface area contributed by atoms with Gasteiger partial charge in [0.25, 0.3) is 17.2 Å². The van der Waals surface area contributed by atoms with E-state index in [0.717, 1.165) is 31.4 Å². The molecular weight excluding hydrogens is 384 g/mol. The van der Waals surface area contributed by atoms with Crippen molar-refractivity contribution >= 4 is 34.8 Å². The first-order valence-corrected chi connectivity index (χ1v) is 8.16. The van der Waals surface area contributed by atoms with Gasteiger partial charge in [0.2, 0.25) is 0 Å². The van der Waals surface area contributed by atoms with Crippen LogP contribution in [-0.4, -0.2) is 45.6 Å². The summed E-state index contributed by atoms with van der Waals surface area (Å²) >= 11 is 0. The first-order chi connectivity index (χ1) is 13.7. The number of carbonyl (C=O) groups is 3. The Balaban J connectivity index is 2.24. The maximum atomic E-state index is 12.6. The van der Waals surface area contributed by atoms with E-state index in [1.165, 1.54) is 24.3 Å². The SMILES string of the molecule is COC(=O)C1(O)/C(=C(\O)c2ccc([N+](=O)[O-])cc2)C(=O)C(=O)N1c1ccccc1. The summed E-state index contributed by atoms with van der Waals surface area (Å²) < 4.78 is 4.58. The van der Waals surface area contributed by atoms with E-state index in [4.69, 9.17) is 0 Å². The molecule has 1 atom stereocenters. The molecule has 2 aromatic carbocycles. The van der Waals surface area contributed by atoms with Gasteiger partial charge in [-0.25, -0.2) is 4.79 Å². The highest BCUT2D eigenvalue weighted by Crippen LogP contribution is 2.39. The Hall–Kier alpha value is -4.05. The van der Waals surface area contributed by atoms with Crippen LogP contribution in [0, 0.1) is 10.1 Å². The molecule has 1 heterocycles. The van der Waals surface area contributed by atoms with Gasteiger partial charge in [0.1, 0.15) is 11.3 Å². The standard InChI is InChI=1S/C19H14N2O8/c1-29-18(25)19(26)14(15(22)11-7-9-13(10-8-11)21(27)28)16(23)17(24)20(19)12-5-3-2-4-6-12/h2-10,22,26H,1H3/b15-14-. The number of amides is 1. The third-order valence-electron chi connectivity index (χ3n) is 4.37. The molecule has 1 saturated heterocycles. The molecule has 10 nitrogen and oxygen atoms in total. The fourth-order valence-corrected chi connectivity index (χ4v) is 3.00. The highest BCUT2D eigenvalue weighted by atomic mass is 16.6. The van der Waals surface area contributed by atoms with E-state index in [2.05, 4.69) is 4.74 Å². The van der Waals surface area contributed by atoms with Gasteiger partial charge in [0.05, 0.1) is 12.0 Å². The number of ether oxygens (including phenoxy) is 1. The van der Waals surface area contributed by atoms with Gasteiger partial charge < -0.3 is 14.9 Å². The van der Waals surface area contributed by atoms with E-state index in [1.807, 2.05) is 0 Å². The van der Waals surface area contributed by atoms with Crippen LogP contribution in [0.25, 0.3) is 5.76 Å². The largest absolute Gasteiger partial charge is 0.507 e. The van der Waals surface area contributed by atoms with Crippen LogP contribution in [0.15, 0.2) is 60.2 Å². The summed E-state index contributed by atoms with van der Waals surface area (Å²) in [6, 6.07) is 11.7. The average Bonchev–Trinajstić information content (AvgIpc) is 2.93. The van der Waals surface area contributed by atoms with Gasteiger partial charge in [-0.1, -0.05) is 18.2 Å². The smallest absolute Gasteiger partial charge is 0.365 e. The quantitative estimate of drug-likeness (QED) is 0.196. The molecule has 1 unspecified atom stereocenters. The zero-order valence-electron chi connectivity index (χ0n) is 14.9. The van der Waals surface area contributed by atoms with Crippen molar-refractivity contribution in [3.8, 4) is 0 Å². The molecule has 148 valence electrons. The number of non-ortho nitro benzene ring substituents is 1. The second-order valence-electron chi connectivity index (χ2n) is 6.00. The summed E-state index contributed by atoms with van der Waals surface area (Å²) in [5, 5.41) is 32.5. The molecule has 1 amide bonds. The fraction of sp³-hybridized carbons (Fsp3) is 0.105. The second kappa shape index (κ2) is 7.17. The van der Waals surface area contributed by atoms with E-state index < -0.39 is 39.6 Å². The molecule has 0 aromatic heterocycles. The summed E-state index contributed by atoms with van der Waals surface area (Å²) in [7, 11) is 0.942. The molecule has 29 heavy (non-hydrogen) atoms. The number of rotatable bonds is 4. The highest BCUT2D eigenvalue weighted by Gasteiger charge is 2.62. The molecular formula is C19H14N2O8. The molecule has 2 aromatic rings. The van der Waals surface area contributed by atoms with E-state index in [0.29, 0.717) is 4.90 Å². The molecule has 2 N–H and O–H groups in total. The number of methoxy groups -OCH3 is 1. The molecule has 1 fully saturated rings. The van der Waals surface area contributed by atoms with E-state index >= 15 is 0 Å².